The van der Waals surface area contributed by atoms with E-state index >= 15 is 0 Å². The summed E-state index contributed by atoms with van der Waals surface area (Å²) in [7, 11) is 0. The molecule has 2 aromatic rings. The zero-order chi connectivity index (χ0) is 23.8. The number of aliphatic hydroxyl groups is 4. The number of rotatable bonds is 7. The predicted octanol–water partition coefficient (Wildman–Crippen LogP) is 0.112. The summed E-state index contributed by atoms with van der Waals surface area (Å²) in [6.45, 7) is 0.275. The highest BCUT2D eigenvalue weighted by atomic mass is 79.9. The fourth-order valence-electron chi connectivity index (χ4n) is 3.62. The molecule has 6 atom stereocenters. The molecule has 0 bridgehead atoms. The van der Waals surface area contributed by atoms with Gasteiger partial charge in [-0.1, -0.05) is 11.6 Å². The molecule has 0 saturated carbocycles. The molecule has 3 rings (SSSR count). The molecule has 0 spiro atoms. The van der Waals surface area contributed by atoms with Gasteiger partial charge >= 0.3 is 11.8 Å². The average Bonchev–Trinajstić information content (AvgIpc) is 3.14. The predicted molar refractivity (Wildman–Crippen MR) is 114 cm³/mol. The number of carbonyl (C=O) groups is 2. The van der Waals surface area contributed by atoms with Gasteiger partial charge in [-0.05, 0) is 28.1 Å². The number of amides is 1. The molecule has 0 radical (unpaired) electrons. The highest BCUT2D eigenvalue weighted by Gasteiger charge is 2.57. The van der Waals surface area contributed by atoms with Crippen LogP contribution in [0.4, 0.5) is 0 Å². The summed E-state index contributed by atoms with van der Waals surface area (Å²) in [5.41, 5.74) is 0.536. The molecule has 1 saturated heterocycles. The molecule has 13 heteroatoms. The van der Waals surface area contributed by atoms with Crippen molar-refractivity contribution in [1.82, 2.24) is 10.3 Å². The average molecular weight is 538 g/mol. The number of hydrogen-bond acceptors (Lipinski definition) is 8. The smallest absolute Gasteiger partial charge is 0.377 e. The van der Waals surface area contributed by atoms with Gasteiger partial charge in [0.05, 0.1) is 41.1 Å². The van der Waals surface area contributed by atoms with Gasteiger partial charge < -0.3 is 45.3 Å². The summed E-state index contributed by atoms with van der Waals surface area (Å²) >= 11 is 9.61. The fraction of sp³-hybridized carbons (Fsp3) is 0.474. The van der Waals surface area contributed by atoms with Crippen LogP contribution in [0.1, 0.15) is 13.3 Å². The number of fused-ring (bicyclic) bond motifs is 1. The van der Waals surface area contributed by atoms with E-state index in [1.807, 2.05) is 0 Å². The highest BCUT2D eigenvalue weighted by molar-refractivity contribution is 9.10. The number of halogens is 2. The number of benzene rings is 1. The number of aliphatic carboxylic acids is 1. The molecular weight excluding hydrogens is 516 g/mol. The van der Waals surface area contributed by atoms with Crippen LogP contribution in [0, 0.1) is 0 Å². The van der Waals surface area contributed by atoms with Crippen molar-refractivity contribution in [3.05, 3.63) is 27.8 Å². The van der Waals surface area contributed by atoms with E-state index in [1.165, 1.54) is 6.20 Å². The zero-order valence-corrected chi connectivity index (χ0v) is 19.0. The van der Waals surface area contributed by atoms with Crippen LogP contribution in [0.15, 0.2) is 22.8 Å². The summed E-state index contributed by atoms with van der Waals surface area (Å²) in [5, 5.41) is 53.2. The SMILES string of the molecule is CC(=O)N[C@H]1[C@@H]([C@@H](O)[C@@H](O)CO)O[C@@](Oc2c[nH]c3ccc(Br)c(Cl)c23)(C(=O)O)C[C@H]1O. The number of aliphatic hydroxyl groups excluding tert-OH is 4. The minimum absolute atomic E-state index is 0.00479. The monoisotopic (exact) mass is 536 g/mol. The Hall–Kier alpha value is -1.93. The van der Waals surface area contributed by atoms with Crippen molar-refractivity contribution >= 4 is 50.3 Å². The molecule has 1 aliphatic heterocycles. The second-order valence-corrected chi connectivity index (χ2v) is 8.65. The van der Waals surface area contributed by atoms with E-state index in [1.54, 1.807) is 12.1 Å². The molecule has 2 heterocycles. The van der Waals surface area contributed by atoms with Crippen LogP contribution in [0.3, 0.4) is 0 Å². The van der Waals surface area contributed by atoms with E-state index in [4.69, 9.17) is 21.1 Å². The first-order valence-electron chi connectivity index (χ1n) is 9.48. The van der Waals surface area contributed by atoms with E-state index in [-0.39, 0.29) is 10.8 Å². The molecule has 1 amide bonds. The van der Waals surface area contributed by atoms with Crippen LogP contribution >= 0.6 is 27.5 Å². The fourth-order valence-corrected chi connectivity index (χ4v) is 4.21. The van der Waals surface area contributed by atoms with Gasteiger partial charge in [-0.2, -0.15) is 0 Å². The van der Waals surface area contributed by atoms with Gasteiger partial charge in [0.1, 0.15) is 18.3 Å². The van der Waals surface area contributed by atoms with Gasteiger partial charge in [0.25, 0.3) is 0 Å². The van der Waals surface area contributed by atoms with Crippen molar-refractivity contribution in [2.45, 2.75) is 49.6 Å². The number of carbonyl (C=O) groups excluding carboxylic acids is 1. The first-order chi connectivity index (χ1) is 15.0. The molecule has 0 unspecified atom stereocenters. The normalized spacial score (nSPS) is 27.7. The van der Waals surface area contributed by atoms with Crippen LogP contribution in [-0.4, -0.2) is 85.2 Å². The Balaban J connectivity index is 2.05. The first-order valence-corrected chi connectivity index (χ1v) is 10.6. The Morgan fingerprint density at radius 1 is 1.44 bits per heavy atom. The van der Waals surface area contributed by atoms with Crippen LogP contribution in [0.2, 0.25) is 5.02 Å². The van der Waals surface area contributed by atoms with Crippen LogP contribution in [0.5, 0.6) is 5.75 Å². The van der Waals surface area contributed by atoms with Crippen LogP contribution < -0.4 is 10.1 Å². The molecule has 1 aliphatic rings. The topological polar surface area (TPSA) is 182 Å². The van der Waals surface area contributed by atoms with Crippen molar-refractivity contribution in [3.63, 3.8) is 0 Å². The molecule has 1 aromatic heterocycles. The number of nitrogens with one attached hydrogen (secondary N) is 2. The van der Waals surface area contributed by atoms with E-state index < -0.39 is 61.1 Å². The lowest BCUT2D eigenvalue weighted by Crippen LogP contribution is -2.68. The lowest BCUT2D eigenvalue weighted by molar-refractivity contribution is -0.284. The summed E-state index contributed by atoms with van der Waals surface area (Å²) < 4.78 is 11.9. The van der Waals surface area contributed by atoms with E-state index in [2.05, 4.69) is 26.2 Å². The zero-order valence-electron chi connectivity index (χ0n) is 16.7. The third-order valence-electron chi connectivity index (χ3n) is 5.16. The van der Waals surface area contributed by atoms with Gasteiger partial charge in [0.15, 0.2) is 5.75 Å². The lowest BCUT2D eigenvalue weighted by atomic mass is 9.88. The van der Waals surface area contributed by atoms with E-state index in [0.717, 1.165) is 6.92 Å². The third kappa shape index (κ3) is 4.57. The van der Waals surface area contributed by atoms with Crippen LogP contribution in [0.25, 0.3) is 10.9 Å². The summed E-state index contributed by atoms with van der Waals surface area (Å²) in [6, 6.07) is 2.07. The van der Waals surface area contributed by atoms with Crippen molar-refractivity contribution in [2.75, 3.05) is 6.61 Å². The van der Waals surface area contributed by atoms with E-state index in [9.17, 15) is 35.1 Å². The summed E-state index contributed by atoms with van der Waals surface area (Å²) in [5.74, 6) is -4.75. The number of H-pyrrole nitrogens is 1. The lowest BCUT2D eigenvalue weighted by Gasteiger charge is -2.46. The van der Waals surface area contributed by atoms with Crippen LogP contribution in [-0.2, 0) is 14.3 Å². The molecule has 176 valence electrons. The molecule has 1 aromatic carbocycles. The Kier molecular flexibility index (Phi) is 7.34. The highest BCUT2D eigenvalue weighted by Crippen LogP contribution is 2.41. The third-order valence-corrected chi connectivity index (χ3v) is 6.44. The Labute approximate surface area is 195 Å². The van der Waals surface area contributed by atoms with Gasteiger partial charge in [-0.3, -0.25) is 4.79 Å². The Morgan fingerprint density at radius 2 is 2.12 bits per heavy atom. The molecule has 1 fully saturated rings. The summed E-state index contributed by atoms with van der Waals surface area (Å²) in [4.78, 5) is 26.8. The van der Waals surface area contributed by atoms with Gasteiger partial charge in [-0.15, -0.1) is 0 Å². The van der Waals surface area contributed by atoms with Crippen molar-refractivity contribution in [3.8, 4) is 5.75 Å². The second kappa shape index (κ2) is 9.51. The Bertz CT molecular complexity index is 1020. The maximum atomic E-state index is 12.3. The number of ether oxygens (including phenoxy) is 2. The maximum absolute atomic E-state index is 12.3. The van der Waals surface area contributed by atoms with Crippen molar-refractivity contribution < 1.29 is 44.6 Å². The van der Waals surface area contributed by atoms with Gasteiger partial charge in [0, 0.05) is 17.6 Å². The van der Waals surface area contributed by atoms with Gasteiger partial charge in [-0.25, -0.2) is 4.79 Å². The molecular formula is C19H22BrClN2O9. The molecule has 11 nitrogen and oxygen atoms in total. The first kappa shape index (κ1) is 24.7. The minimum atomic E-state index is -2.52. The largest absolute Gasteiger partial charge is 0.476 e. The van der Waals surface area contributed by atoms with Crippen molar-refractivity contribution in [1.29, 1.82) is 0 Å². The quantitative estimate of drug-likeness (QED) is 0.258. The molecule has 7 N–H and O–H groups in total. The Morgan fingerprint density at radius 3 is 2.72 bits per heavy atom. The minimum Gasteiger partial charge on any atom is -0.476 e. The second-order valence-electron chi connectivity index (χ2n) is 7.42. The number of aromatic nitrogens is 1. The van der Waals surface area contributed by atoms with Crippen molar-refractivity contribution in [2.24, 2.45) is 0 Å². The summed E-state index contributed by atoms with van der Waals surface area (Å²) in [6.07, 6.45) is -6.09. The number of carboxylic acid groups (broad SMARTS) is 1. The number of carboxylic acids is 1. The molecule has 32 heavy (non-hydrogen) atoms. The van der Waals surface area contributed by atoms with E-state index in [0.29, 0.717) is 15.4 Å². The van der Waals surface area contributed by atoms with Gasteiger partial charge in [0.2, 0.25) is 5.91 Å². The molecule has 0 aliphatic carbocycles. The standard InChI is InChI=1S/C19H22BrClN2O9/c1-7(25)23-15-10(26)4-19(18(29)30,32-17(15)16(28)11(27)6-24)31-12-5-22-9-3-2-8(20)14(21)13(9)12/h2-3,5,10-11,15-17,22,24,26-28H,4,6H2,1H3,(H,23,25)(H,29,30)/t10-,11+,15-,16+,17+,19-/m1/s1. The maximum Gasteiger partial charge on any atom is 0.377 e. The number of aromatic amines is 1. The number of hydrogen-bond donors (Lipinski definition) is 7.